The summed E-state index contributed by atoms with van der Waals surface area (Å²) in [4.78, 5) is 12.2. The van der Waals surface area contributed by atoms with E-state index in [0.717, 1.165) is 10.9 Å². The fourth-order valence-electron chi connectivity index (χ4n) is 2.06. The van der Waals surface area contributed by atoms with Crippen LogP contribution in [0.1, 0.15) is 10.4 Å². The Morgan fingerprint density at radius 1 is 1.11 bits per heavy atom. The van der Waals surface area contributed by atoms with Gasteiger partial charge in [-0.3, -0.25) is 9.48 Å². The molecule has 3 aromatic rings. The fourth-order valence-corrected chi connectivity index (χ4v) is 2.30. The molecule has 0 bridgehead atoms. The summed E-state index contributed by atoms with van der Waals surface area (Å²) in [6.07, 6.45) is 1.76. The molecular weight excluding hydrogens is 260 g/mol. The largest absolute Gasteiger partial charge is 0.292 e. The Bertz CT molecular complexity index is 748. The first-order valence-corrected chi connectivity index (χ1v) is 6.32. The summed E-state index contributed by atoms with van der Waals surface area (Å²) in [5, 5.41) is 5.74. The lowest BCUT2D eigenvalue weighted by Gasteiger charge is -2.04. The number of carbonyl (C=O) groups excluding carboxylic acids is 1. The van der Waals surface area contributed by atoms with Crippen LogP contribution in [-0.4, -0.2) is 15.6 Å². The molecule has 19 heavy (non-hydrogen) atoms. The van der Waals surface area contributed by atoms with Crippen LogP contribution in [0.15, 0.2) is 54.7 Å². The van der Waals surface area contributed by atoms with Crippen LogP contribution < -0.4 is 0 Å². The van der Waals surface area contributed by atoms with Crippen LogP contribution in [-0.2, 0) is 6.54 Å². The molecule has 2 aromatic carbocycles. The Morgan fingerprint density at radius 2 is 1.84 bits per heavy atom. The van der Waals surface area contributed by atoms with Crippen molar-refractivity contribution in [3.63, 3.8) is 0 Å². The zero-order chi connectivity index (χ0) is 13.2. The highest BCUT2D eigenvalue weighted by Crippen LogP contribution is 2.18. The predicted molar refractivity (Wildman–Crippen MR) is 75.5 cm³/mol. The van der Waals surface area contributed by atoms with Crippen molar-refractivity contribution >= 4 is 28.3 Å². The molecule has 0 aliphatic carbocycles. The SMILES string of the molecule is O=C(Cn1ncc2ccccc21)c1ccccc1Cl. The minimum absolute atomic E-state index is 0.0422. The molecule has 0 unspecified atom stereocenters. The number of ketones is 1. The molecule has 1 aromatic heterocycles. The van der Waals surface area contributed by atoms with E-state index < -0.39 is 0 Å². The highest BCUT2D eigenvalue weighted by molar-refractivity contribution is 6.33. The number of halogens is 1. The maximum atomic E-state index is 12.2. The Morgan fingerprint density at radius 3 is 2.68 bits per heavy atom. The maximum absolute atomic E-state index is 12.2. The number of carbonyl (C=O) groups is 1. The van der Waals surface area contributed by atoms with Crippen molar-refractivity contribution in [3.8, 4) is 0 Å². The second-order valence-corrected chi connectivity index (χ2v) is 4.67. The van der Waals surface area contributed by atoms with Gasteiger partial charge in [-0.1, -0.05) is 41.9 Å². The summed E-state index contributed by atoms with van der Waals surface area (Å²) in [6.45, 7) is 0.192. The summed E-state index contributed by atoms with van der Waals surface area (Å²) < 4.78 is 1.70. The smallest absolute Gasteiger partial charge is 0.185 e. The van der Waals surface area contributed by atoms with Crippen molar-refractivity contribution in [1.82, 2.24) is 9.78 Å². The Balaban J connectivity index is 1.94. The molecule has 94 valence electrons. The number of nitrogens with zero attached hydrogens (tertiary/aromatic N) is 2. The van der Waals surface area contributed by atoms with E-state index in [1.54, 1.807) is 29.1 Å². The lowest BCUT2D eigenvalue weighted by Crippen LogP contribution is -2.11. The third-order valence-corrected chi connectivity index (χ3v) is 3.35. The van der Waals surface area contributed by atoms with Gasteiger partial charge in [0.05, 0.1) is 16.7 Å². The number of rotatable bonds is 3. The summed E-state index contributed by atoms with van der Waals surface area (Å²) >= 11 is 6.03. The maximum Gasteiger partial charge on any atom is 0.185 e. The molecule has 0 saturated carbocycles. The van der Waals surface area contributed by atoms with Crippen LogP contribution >= 0.6 is 11.6 Å². The van der Waals surface area contributed by atoms with Crippen molar-refractivity contribution in [1.29, 1.82) is 0 Å². The predicted octanol–water partition coefficient (Wildman–Crippen LogP) is 3.57. The first-order valence-electron chi connectivity index (χ1n) is 5.94. The van der Waals surface area contributed by atoms with Gasteiger partial charge in [0, 0.05) is 10.9 Å². The van der Waals surface area contributed by atoms with Gasteiger partial charge in [-0.15, -0.1) is 0 Å². The molecule has 3 rings (SSSR count). The number of hydrogen-bond donors (Lipinski definition) is 0. The van der Waals surface area contributed by atoms with E-state index in [2.05, 4.69) is 5.10 Å². The van der Waals surface area contributed by atoms with Gasteiger partial charge in [-0.25, -0.2) is 0 Å². The molecule has 3 nitrogen and oxygen atoms in total. The van der Waals surface area contributed by atoms with E-state index in [9.17, 15) is 4.79 Å². The molecular formula is C15H11ClN2O. The Kier molecular flexibility index (Phi) is 3.05. The number of benzene rings is 2. The average Bonchev–Trinajstić information content (AvgIpc) is 2.83. The summed E-state index contributed by atoms with van der Waals surface area (Å²) in [5.74, 6) is -0.0422. The van der Waals surface area contributed by atoms with Gasteiger partial charge >= 0.3 is 0 Å². The number of aromatic nitrogens is 2. The van der Waals surface area contributed by atoms with Crippen molar-refractivity contribution in [3.05, 3.63) is 65.3 Å². The second kappa shape index (κ2) is 4.86. The van der Waals surface area contributed by atoms with E-state index in [-0.39, 0.29) is 12.3 Å². The van der Waals surface area contributed by atoms with E-state index in [0.29, 0.717) is 10.6 Å². The Hall–Kier alpha value is -2.13. The van der Waals surface area contributed by atoms with Crippen LogP contribution in [0.5, 0.6) is 0 Å². The van der Waals surface area contributed by atoms with Crippen LogP contribution in [0.2, 0.25) is 5.02 Å². The van der Waals surface area contributed by atoms with E-state index in [1.807, 2.05) is 30.3 Å². The van der Waals surface area contributed by atoms with Crippen LogP contribution in [0.25, 0.3) is 10.9 Å². The zero-order valence-corrected chi connectivity index (χ0v) is 10.8. The van der Waals surface area contributed by atoms with Crippen molar-refractivity contribution < 1.29 is 4.79 Å². The monoisotopic (exact) mass is 270 g/mol. The van der Waals surface area contributed by atoms with Crippen LogP contribution in [0.4, 0.5) is 0 Å². The quantitative estimate of drug-likeness (QED) is 0.682. The molecule has 0 radical (unpaired) electrons. The summed E-state index contributed by atoms with van der Waals surface area (Å²) in [7, 11) is 0. The van der Waals surface area contributed by atoms with Crippen molar-refractivity contribution in [2.75, 3.05) is 0 Å². The van der Waals surface area contributed by atoms with Crippen LogP contribution in [0.3, 0.4) is 0 Å². The number of hydrogen-bond acceptors (Lipinski definition) is 2. The molecule has 0 fully saturated rings. The normalized spacial score (nSPS) is 10.8. The molecule has 0 aliphatic heterocycles. The Labute approximate surface area is 115 Å². The molecule has 0 amide bonds. The molecule has 1 heterocycles. The van der Waals surface area contributed by atoms with Crippen LogP contribution in [0, 0.1) is 0 Å². The highest BCUT2D eigenvalue weighted by Gasteiger charge is 2.12. The fraction of sp³-hybridized carbons (Fsp3) is 0.0667. The number of fused-ring (bicyclic) bond motifs is 1. The summed E-state index contributed by atoms with van der Waals surface area (Å²) in [6, 6.07) is 14.9. The molecule has 0 spiro atoms. The first kappa shape index (κ1) is 11.9. The highest BCUT2D eigenvalue weighted by atomic mass is 35.5. The lowest BCUT2D eigenvalue weighted by molar-refractivity contribution is 0.0969. The van der Waals surface area contributed by atoms with E-state index in [4.69, 9.17) is 11.6 Å². The van der Waals surface area contributed by atoms with Gasteiger partial charge in [0.15, 0.2) is 5.78 Å². The molecule has 0 saturated heterocycles. The van der Waals surface area contributed by atoms with Gasteiger partial charge in [0.1, 0.15) is 6.54 Å². The molecule has 0 atom stereocenters. The lowest BCUT2D eigenvalue weighted by atomic mass is 10.1. The van der Waals surface area contributed by atoms with Gasteiger partial charge in [-0.05, 0) is 18.2 Å². The number of Topliss-reactive ketones (excluding diaryl/α,β-unsaturated/α-hetero) is 1. The molecule has 4 heteroatoms. The zero-order valence-electron chi connectivity index (χ0n) is 10.1. The van der Waals surface area contributed by atoms with Gasteiger partial charge < -0.3 is 0 Å². The average molecular weight is 271 g/mol. The molecule has 0 N–H and O–H groups in total. The minimum Gasteiger partial charge on any atom is -0.292 e. The standard InChI is InChI=1S/C15H11ClN2O/c16-13-7-3-2-6-12(13)15(19)10-18-14-8-4-1-5-11(14)9-17-18/h1-9H,10H2. The van der Waals surface area contributed by atoms with E-state index >= 15 is 0 Å². The second-order valence-electron chi connectivity index (χ2n) is 4.26. The van der Waals surface area contributed by atoms with Crippen molar-refractivity contribution in [2.45, 2.75) is 6.54 Å². The van der Waals surface area contributed by atoms with Gasteiger partial charge in [0.25, 0.3) is 0 Å². The topological polar surface area (TPSA) is 34.9 Å². The third kappa shape index (κ3) is 2.25. The third-order valence-electron chi connectivity index (χ3n) is 3.02. The number of para-hydroxylation sites is 1. The summed E-state index contributed by atoms with van der Waals surface area (Å²) in [5.41, 5.74) is 1.48. The van der Waals surface area contributed by atoms with Gasteiger partial charge in [0.2, 0.25) is 0 Å². The van der Waals surface area contributed by atoms with Crippen molar-refractivity contribution in [2.24, 2.45) is 0 Å². The minimum atomic E-state index is -0.0422. The first-order chi connectivity index (χ1) is 9.25. The molecule has 0 aliphatic rings. The van der Waals surface area contributed by atoms with E-state index in [1.165, 1.54) is 0 Å². The van der Waals surface area contributed by atoms with Gasteiger partial charge in [-0.2, -0.15) is 5.10 Å².